The van der Waals surface area contributed by atoms with Gasteiger partial charge in [-0.1, -0.05) is 13.3 Å². The minimum Gasteiger partial charge on any atom is -0.480 e. The van der Waals surface area contributed by atoms with Crippen molar-refractivity contribution in [2.75, 3.05) is 19.4 Å². The fraction of sp³-hybridized carbons (Fsp3) is 0.846. The molecule has 0 bridgehead atoms. The molecule has 122 valence electrons. The van der Waals surface area contributed by atoms with E-state index in [0.717, 1.165) is 10.7 Å². The largest absolute Gasteiger partial charge is 0.480 e. The van der Waals surface area contributed by atoms with Crippen molar-refractivity contribution < 1.29 is 27.9 Å². The van der Waals surface area contributed by atoms with E-state index in [4.69, 9.17) is 0 Å². The molecule has 0 saturated carbocycles. The van der Waals surface area contributed by atoms with Crippen LogP contribution in [-0.2, 0) is 24.3 Å². The number of nitrogens with zero attached hydrogens (tertiary/aromatic N) is 1. The number of hydrogen-bond acceptors (Lipinski definition) is 5. The Bertz CT molecular complexity index is 475. The van der Waals surface area contributed by atoms with E-state index in [1.807, 2.05) is 6.92 Å². The van der Waals surface area contributed by atoms with Gasteiger partial charge in [0.05, 0.1) is 12.9 Å². The van der Waals surface area contributed by atoms with Gasteiger partial charge in [0, 0.05) is 13.0 Å². The molecule has 0 radical (unpaired) electrons. The first-order valence-electron chi connectivity index (χ1n) is 7.11. The quantitative estimate of drug-likeness (QED) is 0.697. The highest BCUT2D eigenvalue weighted by Crippen LogP contribution is 2.28. The lowest BCUT2D eigenvalue weighted by molar-refractivity contribution is -0.143. The molecule has 1 heterocycles. The zero-order chi connectivity index (χ0) is 16.0. The maximum absolute atomic E-state index is 12.3. The van der Waals surface area contributed by atoms with E-state index in [1.165, 1.54) is 7.11 Å². The summed E-state index contributed by atoms with van der Waals surface area (Å²) in [6.45, 7) is 2.21. The summed E-state index contributed by atoms with van der Waals surface area (Å²) in [4.78, 5) is 22.3. The Hall–Kier alpha value is -1.15. The molecule has 1 saturated heterocycles. The van der Waals surface area contributed by atoms with Crippen LogP contribution in [0, 0.1) is 5.92 Å². The maximum atomic E-state index is 12.3. The number of piperidine rings is 1. The third kappa shape index (κ3) is 4.96. The first-order chi connectivity index (χ1) is 9.81. The zero-order valence-corrected chi connectivity index (χ0v) is 13.3. The van der Waals surface area contributed by atoms with Gasteiger partial charge in [-0.25, -0.2) is 8.42 Å². The topological polar surface area (TPSA) is 101 Å². The average molecular weight is 321 g/mol. The molecule has 1 N–H and O–H groups in total. The first-order valence-corrected chi connectivity index (χ1v) is 8.71. The van der Waals surface area contributed by atoms with E-state index in [1.54, 1.807) is 0 Å². The zero-order valence-electron chi connectivity index (χ0n) is 12.4. The minimum atomic E-state index is -3.67. The van der Waals surface area contributed by atoms with Gasteiger partial charge in [0.15, 0.2) is 0 Å². The highest BCUT2D eigenvalue weighted by Gasteiger charge is 2.39. The number of ether oxygens (including phenoxy) is 1. The van der Waals surface area contributed by atoms with Crippen molar-refractivity contribution in [3.05, 3.63) is 0 Å². The van der Waals surface area contributed by atoms with Crippen molar-refractivity contribution in [1.29, 1.82) is 0 Å². The van der Waals surface area contributed by atoms with Gasteiger partial charge in [-0.2, -0.15) is 4.31 Å². The summed E-state index contributed by atoms with van der Waals surface area (Å²) >= 11 is 0. The molecule has 21 heavy (non-hydrogen) atoms. The molecule has 2 unspecified atom stereocenters. The Morgan fingerprint density at radius 3 is 2.57 bits per heavy atom. The van der Waals surface area contributed by atoms with Gasteiger partial charge in [0.1, 0.15) is 6.04 Å². The fourth-order valence-corrected chi connectivity index (χ4v) is 4.25. The van der Waals surface area contributed by atoms with E-state index in [9.17, 15) is 23.1 Å². The number of carbonyl (C=O) groups excluding carboxylic acids is 1. The van der Waals surface area contributed by atoms with Crippen molar-refractivity contribution in [2.45, 2.75) is 45.1 Å². The Morgan fingerprint density at radius 2 is 2.05 bits per heavy atom. The summed E-state index contributed by atoms with van der Waals surface area (Å²) in [5.41, 5.74) is 0. The molecule has 1 aliphatic rings. The molecule has 1 aliphatic heterocycles. The molecule has 2 atom stereocenters. The number of esters is 1. The van der Waals surface area contributed by atoms with Crippen molar-refractivity contribution in [2.24, 2.45) is 5.92 Å². The van der Waals surface area contributed by atoms with Gasteiger partial charge in [-0.3, -0.25) is 9.59 Å². The van der Waals surface area contributed by atoms with Crippen LogP contribution < -0.4 is 0 Å². The molecule has 0 aliphatic carbocycles. The SMILES string of the molecule is CCC1CCN(S(=O)(=O)CCCC(=O)OC)C(C(=O)O)C1. The lowest BCUT2D eigenvalue weighted by atomic mass is 9.90. The number of aliphatic carboxylic acids is 1. The van der Waals surface area contributed by atoms with E-state index < -0.39 is 28.0 Å². The summed E-state index contributed by atoms with van der Waals surface area (Å²) in [5.74, 6) is -1.56. The number of sulfonamides is 1. The summed E-state index contributed by atoms with van der Waals surface area (Å²) in [5, 5.41) is 9.26. The molecule has 1 fully saturated rings. The van der Waals surface area contributed by atoms with Crippen LogP contribution in [0.2, 0.25) is 0 Å². The Balaban J connectivity index is 2.71. The van der Waals surface area contributed by atoms with Gasteiger partial charge in [-0.05, 0) is 25.2 Å². The maximum Gasteiger partial charge on any atom is 0.322 e. The Kier molecular flexibility index (Phi) is 6.60. The Labute approximate surface area is 125 Å². The molecule has 0 aromatic heterocycles. The van der Waals surface area contributed by atoms with Crippen LogP contribution in [-0.4, -0.2) is 55.2 Å². The fourth-order valence-electron chi connectivity index (χ4n) is 2.56. The van der Waals surface area contributed by atoms with E-state index >= 15 is 0 Å². The van der Waals surface area contributed by atoms with Gasteiger partial charge in [0.2, 0.25) is 10.0 Å². The number of carboxylic acid groups (broad SMARTS) is 1. The van der Waals surface area contributed by atoms with Crippen molar-refractivity contribution in [1.82, 2.24) is 4.31 Å². The third-order valence-electron chi connectivity index (χ3n) is 3.89. The van der Waals surface area contributed by atoms with E-state index in [-0.39, 0.29) is 31.1 Å². The Morgan fingerprint density at radius 1 is 1.38 bits per heavy atom. The second kappa shape index (κ2) is 7.74. The third-order valence-corrected chi connectivity index (χ3v) is 5.85. The molecular formula is C13H23NO6S. The number of hydrogen-bond donors (Lipinski definition) is 1. The van der Waals surface area contributed by atoms with Crippen LogP contribution in [0.3, 0.4) is 0 Å². The molecule has 8 heteroatoms. The van der Waals surface area contributed by atoms with Crippen LogP contribution in [0.1, 0.15) is 39.0 Å². The van der Waals surface area contributed by atoms with Crippen molar-refractivity contribution in [3.63, 3.8) is 0 Å². The normalized spacial score (nSPS) is 23.7. The summed E-state index contributed by atoms with van der Waals surface area (Å²) in [7, 11) is -2.43. The molecule has 7 nitrogen and oxygen atoms in total. The van der Waals surface area contributed by atoms with Crippen LogP contribution in [0.4, 0.5) is 0 Å². The van der Waals surface area contributed by atoms with Gasteiger partial charge in [0.25, 0.3) is 0 Å². The standard InChI is InChI=1S/C13H23NO6S/c1-3-10-6-7-14(11(9-10)13(16)17)21(18,19)8-4-5-12(15)20-2/h10-11H,3-9H2,1-2H3,(H,16,17). The highest BCUT2D eigenvalue weighted by atomic mass is 32.2. The molecule has 0 aromatic rings. The lowest BCUT2D eigenvalue weighted by Crippen LogP contribution is -2.50. The predicted molar refractivity (Wildman–Crippen MR) is 76.2 cm³/mol. The first kappa shape index (κ1) is 17.9. The van der Waals surface area contributed by atoms with E-state index in [2.05, 4.69) is 4.74 Å². The van der Waals surface area contributed by atoms with Gasteiger partial charge < -0.3 is 9.84 Å². The smallest absolute Gasteiger partial charge is 0.322 e. The molecule has 0 spiro atoms. The van der Waals surface area contributed by atoms with Crippen LogP contribution in [0.25, 0.3) is 0 Å². The summed E-state index contributed by atoms with van der Waals surface area (Å²) < 4.78 is 30.1. The van der Waals surface area contributed by atoms with Crippen LogP contribution in [0.15, 0.2) is 0 Å². The highest BCUT2D eigenvalue weighted by molar-refractivity contribution is 7.89. The second-order valence-corrected chi connectivity index (χ2v) is 7.30. The van der Waals surface area contributed by atoms with E-state index in [0.29, 0.717) is 12.8 Å². The molecule has 0 aromatic carbocycles. The summed E-state index contributed by atoms with van der Waals surface area (Å²) in [6.07, 6.45) is 2.02. The van der Waals surface area contributed by atoms with Crippen LogP contribution >= 0.6 is 0 Å². The summed E-state index contributed by atoms with van der Waals surface area (Å²) in [6, 6.07) is -0.994. The van der Waals surface area contributed by atoms with Gasteiger partial charge in [-0.15, -0.1) is 0 Å². The number of rotatable bonds is 7. The molecular weight excluding hydrogens is 298 g/mol. The predicted octanol–water partition coefficient (Wildman–Crippen LogP) is 0.845. The molecule has 0 amide bonds. The lowest BCUT2D eigenvalue weighted by Gasteiger charge is -2.35. The van der Waals surface area contributed by atoms with Crippen molar-refractivity contribution in [3.8, 4) is 0 Å². The molecule has 1 rings (SSSR count). The average Bonchev–Trinajstić information content (AvgIpc) is 2.45. The van der Waals surface area contributed by atoms with Crippen molar-refractivity contribution >= 4 is 22.0 Å². The number of carboxylic acids is 1. The van der Waals surface area contributed by atoms with Gasteiger partial charge >= 0.3 is 11.9 Å². The number of methoxy groups -OCH3 is 1. The minimum absolute atomic E-state index is 0.0128. The van der Waals surface area contributed by atoms with Crippen LogP contribution in [0.5, 0.6) is 0 Å². The second-order valence-electron chi connectivity index (χ2n) is 5.26. The number of carbonyl (C=O) groups is 2. The monoisotopic (exact) mass is 321 g/mol.